The maximum atomic E-state index is 5.86. The zero-order valence-corrected chi connectivity index (χ0v) is 10.2. The molecular formula is C14H13N5. The Labute approximate surface area is 110 Å². The van der Waals surface area contributed by atoms with Crippen molar-refractivity contribution >= 4 is 17.3 Å². The molecule has 0 atom stereocenters. The molecule has 94 valence electrons. The molecule has 3 rings (SSSR count). The summed E-state index contributed by atoms with van der Waals surface area (Å²) in [5.41, 5.74) is 8.30. The molecule has 0 fully saturated rings. The molecule has 0 aliphatic heterocycles. The second-order valence-corrected chi connectivity index (χ2v) is 4.09. The number of nitrogens with two attached hydrogens (primary N) is 1. The number of para-hydroxylation sites is 2. The molecule has 0 spiro atoms. The van der Waals surface area contributed by atoms with Gasteiger partial charge in [0.15, 0.2) is 5.82 Å². The van der Waals surface area contributed by atoms with Crippen LogP contribution in [0.2, 0.25) is 0 Å². The summed E-state index contributed by atoms with van der Waals surface area (Å²) in [5, 5.41) is 10.1. The number of aromatic nitrogens is 3. The second kappa shape index (κ2) is 4.81. The molecule has 0 unspecified atom stereocenters. The van der Waals surface area contributed by atoms with E-state index in [9.17, 15) is 0 Å². The van der Waals surface area contributed by atoms with Crippen LogP contribution in [0.3, 0.4) is 0 Å². The summed E-state index contributed by atoms with van der Waals surface area (Å²) in [4.78, 5) is 4.38. The van der Waals surface area contributed by atoms with Gasteiger partial charge in [0.2, 0.25) is 5.95 Å². The van der Waals surface area contributed by atoms with Crippen LogP contribution in [0.5, 0.6) is 0 Å². The van der Waals surface area contributed by atoms with E-state index in [4.69, 9.17) is 5.73 Å². The van der Waals surface area contributed by atoms with Crippen molar-refractivity contribution in [2.45, 2.75) is 0 Å². The van der Waals surface area contributed by atoms with E-state index in [-0.39, 0.29) is 0 Å². The molecule has 3 aromatic rings. The monoisotopic (exact) mass is 251 g/mol. The van der Waals surface area contributed by atoms with Crippen molar-refractivity contribution < 1.29 is 0 Å². The van der Waals surface area contributed by atoms with Crippen LogP contribution in [-0.2, 0) is 0 Å². The fourth-order valence-corrected chi connectivity index (χ4v) is 1.77. The van der Waals surface area contributed by atoms with E-state index in [0.29, 0.717) is 11.6 Å². The maximum absolute atomic E-state index is 5.86. The van der Waals surface area contributed by atoms with Crippen LogP contribution in [0, 0.1) is 0 Å². The Balaban J connectivity index is 1.85. The van der Waals surface area contributed by atoms with E-state index in [0.717, 1.165) is 17.1 Å². The zero-order chi connectivity index (χ0) is 13.1. The summed E-state index contributed by atoms with van der Waals surface area (Å²) >= 11 is 0. The number of hydrogen-bond donors (Lipinski definition) is 3. The molecule has 1 aromatic heterocycles. The summed E-state index contributed by atoms with van der Waals surface area (Å²) in [7, 11) is 0. The Morgan fingerprint density at radius 2 is 1.68 bits per heavy atom. The van der Waals surface area contributed by atoms with E-state index in [2.05, 4.69) is 20.5 Å². The van der Waals surface area contributed by atoms with Crippen LogP contribution in [0.15, 0.2) is 54.6 Å². The van der Waals surface area contributed by atoms with Gasteiger partial charge >= 0.3 is 0 Å². The number of anilines is 3. The lowest BCUT2D eigenvalue weighted by Crippen LogP contribution is -1.97. The van der Waals surface area contributed by atoms with Crippen molar-refractivity contribution in [2.75, 3.05) is 11.1 Å². The Morgan fingerprint density at radius 3 is 2.47 bits per heavy atom. The number of benzene rings is 2. The van der Waals surface area contributed by atoms with E-state index in [1.807, 2.05) is 54.6 Å². The fourth-order valence-electron chi connectivity index (χ4n) is 1.77. The van der Waals surface area contributed by atoms with E-state index in [1.165, 1.54) is 0 Å². The van der Waals surface area contributed by atoms with Crippen LogP contribution in [-0.4, -0.2) is 15.2 Å². The Hall–Kier alpha value is -2.82. The van der Waals surface area contributed by atoms with Gasteiger partial charge in [-0.15, -0.1) is 5.10 Å². The Bertz CT molecular complexity index is 675. The lowest BCUT2D eigenvalue weighted by molar-refractivity contribution is 1.10. The summed E-state index contributed by atoms with van der Waals surface area (Å²) in [6, 6.07) is 17.3. The van der Waals surface area contributed by atoms with Gasteiger partial charge in [-0.2, -0.15) is 4.98 Å². The number of rotatable bonds is 3. The molecular weight excluding hydrogens is 238 g/mol. The summed E-state index contributed by atoms with van der Waals surface area (Å²) < 4.78 is 0. The standard InChI is InChI=1S/C14H13N5/c15-11-8-4-5-9-12(11)16-14-17-13(18-19-14)10-6-2-1-3-7-10/h1-9H,15H2,(H2,16,17,18,19). The minimum atomic E-state index is 0.497. The summed E-state index contributed by atoms with van der Waals surface area (Å²) in [5.74, 6) is 1.22. The number of nitrogens with one attached hydrogen (secondary N) is 2. The molecule has 0 saturated heterocycles. The van der Waals surface area contributed by atoms with Crippen LogP contribution in [0.4, 0.5) is 17.3 Å². The van der Waals surface area contributed by atoms with Gasteiger partial charge in [0.05, 0.1) is 11.4 Å². The summed E-state index contributed by atoms with van der Waals surface area (Å²) in [6.45, 7) is 0. The van der Waals surface area contributed by atoms with Crippen molar-refractivity contribution in [3.63, 3.8) is 0 Å². The Kier molecular flexibility index (Phi) is 2.86. The first-order chi connectivity index (χ1) is 9.33. The molecule has 0 bridgehead atoms. The topological polar surface area (TPSA) is 79.6 Å². The van der Waals surface area contributed by atoms with Crippen molar-refractivity contribution in [3.05, 3.63) is 54.6 Å². The molecule has 0 saturated carbocycles. The first-order valence-electron chi connectivity index (χ1n) is 5.92. The molecule has 0 amide bonds. The van der Waals surface area contributed by atoms with Gasteiger partial charge in [-0.25, -0.2) is 0 Å². The molecule has 2 aromatic carbocycles. The van der Waals surface area contributed by atoms with Gasteiger partial charge in [0, 0.05) is 5.56 Å². The van der Waals surface area contributed by atoms with Crippen molar-refractivity contribution in [3.8, 4) is 11.4 Å². The minimum Gasteiger partial charge on any atom is -0.397 e. The van der Waals surface area contributed by atoms with Gasteiger partial charge in [-0.1, -0.05) is 42.5 Å². The van der Waals surface area contributed by atoms with Crippen LogP contribution in [0.25, 0.3) is 11.4 Å². The predicted octanol–water partition coefficient (Wildman–Crippen LogP) is 2.80. The first-order valence-corrected chi connectivity index (χ1v) is 5.92. The molecule has 1 heterocycles. The van der Waals surface area contributed by atoms with Crippen LogP contribution in [0.1, 0.15) is 0 Å². The lowest BCUT2D eigenvalue weighted by Gasteiger charge is -2.04. The SMILES string of the molecule is Nc1ccccc1Nc1n[nH]c(-c2ccccc2)n1. The molecule has 0 radical (unpaired) electrons. The van der Waals surface area contributed by atoms with Gasteiger partial charge in [0.1, 0.15) is 0 Å². The van der Waals surface area contributed by atoms with E-state index < -0.39 is 0 Å². The van der Waals surface area contributed by atoms with Gasteiger partial charge in [-0.05, 0) is 12.1 Å². The largest absolute Gasteiger partial charge is 0.397 e. The highest BCUT2D eigenvalue weighted by molar-refractivity contribution is 5.70. The molecule has 5 heteroatoms. The second-order valence-electron chi connectivity index (χ2n) is 4.09. The molecule has 5 nitrogen and oxygen atoms in total. The molecule has 0 aliphatic carbocycles. The fraction of sp³-hybridized carbons (Fsp3) is 0. The van der Waals surface area contributed by atoms with Crippen molar-refractivity contribution in [2.24, 2.45) is 0 Å². The zero-order valence-electron chi connectivity index (χ0n) is 10.2. The van der Waals surface area contributed by atoms with Gasteiger partial charge in [-0.3, -0.25) is 5.10 Å². The number of H-pyrrole nitrogens is 1. The third-order valence-electron chi connectivity index (χ3n) is 2.74. The summed E-state index contributed by atoms with van der Waals surface area (Å²) in [6.07, 6.45) is 0. The minimum absolute atomic E-state index is 0.497. The first kappa shape index (κ1) is 11.3. The van der Waals surface area contributed by atoms with E-state index in [1.54, 1.807) is 0 Å². The van der Waals surface area contributed by atoms with Crippen molar-refractivity contribution in [1.29, 1.82) is 0 Å². The predicted molar refractivity (Wildman–Crippen MR) is 76.0 cm³/mol. The van der Waals surface area contributed by atoms with Gasteiger partial charge in [0.25, 0.3) is 0 Å². The van der Waals surface area contributed by atoms with E-state index >= 15 is 0 Å². The Morgan fingerprint density at radius 1 is 0.947 bits per heavy atom. The van der Waals surface area contributed by atoms with Crippen LogP contribution >= 0.6 is 0 Å². The third-order valence-corrected chi connectivity index (χ3v) is 2.74. The molecule has 4 N–H and O–H groups in total. The number of hydrogen-bond acceptors (Lipinski definition) is 4. The molecule has 0 aliphatic rings. The van der Waals surface area contributed by atoms with Crippen LogP contribution < -0.4 is 11.1 Å². The number of nitrogen functional groups attached to an aromatic ring is 1. The van der Waals surface area contributed by atoms with Gasteiger partial charge < -0.3 is 11.1 Å². The van der Waals surface area contributed by atoms with Crippen molar-refractivity contribution in [1.82, 2.24) is 15.2 Å². The average Bonchev–Trinajstić information content (AvgIpc) is 2.91. The third kappa shape index (κ3) is 2.40. The number of nitrogens with zero attached hydrogens (tertiary/aromatic N) is 2. The highest BCUT2D eigenvalue weighted by atomic mass is 15.3. The lowest BCUT2D eigenvalue weighted by atomic mass is 10.2. The highest BCUT2D eigenvalue weighted by Gasteiger charge is 2.06. The average molecular weight is 251 g/mol. The maximum Gasteiger partial charge on any atom is 0.246 e. The number of aromatic amines is 1. The highest BCUT2D eigenvalue weighted by Crippen LogP contribution is 2.21. The quantitative estimate of drug-likeness (QED) is 0.625. The normalized spacial score (nSPS) is 10.3. The smallest absolute Gasteiger partial charge is 0.246 e. The molecule has 19 heavy (non-hydrogen) atoms.